The largest absolute Gasteiger partial charge is 0.461 e. The zero-order chi connectivity index (χ0) is 75.7. The Bertz CT molecular complexity index is 2600. The molecule has 2 fully saturated rings. The van der Waals surface area contributed by atoms with Crippen LogP contribution < -0.4 is 38.1 Å². The number of carbonyl (C=O) groups is 7. The average molecular weight is 1390 g/mol. The molecule has 6 aliphatic heterocycles. The summed E-state index contributed by atoms with van der Waals surface area (Å²) in [5.74, 6) is -1.15. The molecule has 0 saturated carbocycles. The molecular formula is C78H133N7O14. The number of rotatable bonds is 29. The van der Waals surface area contributed by atoms with Crippen molar-refractivity contribution in [1.82, 2.24) is 26.6 Å². The highest BCUT2D eigenvalue weighted by Gasteiger charge is 2.34. The summed E-state index contributed by atoms with van der Waals surface area (Å²) in [4.78, 5) is 75.8. The standard InChI is InChI=1S/C15H17NO2.C9H21N.C9H12O2.C8H15NO2.C8H11NO2.C8H19NO.C8H19N.C7H13NO2.C6H6O3/c1-3-7-13-14(11(2)15(17)18-13)16-10-12-8-5-4-6-9-12;1-5-7-8(3)9(6-2)10-4;1-4-5-8-6(2)7(3)9(10)11-8;1-3-4-7-6(9-2)5-8(10)11-7;1-3-4-6-7(9)5(2)8(10)11-6;1-4-6-8(10)7(5-2)9-3;1-4-6-7-8(5-2)9-3;1-2-3-6-5(8)4-7(9)10-6;1-3-4(2)6(8)9-5(3)7/h3-6,8-9,13,16H,1,7,10H2,2H3;8-10H,5-7H2,1-4H3;4,8H,1,5H2,2-3H3;6-7,9H,3-5H2,1-2H3;3,6H,1,4,9H2,2H3;7-10H,4-6H2,1-3H3;8-9H,4-7H2,1-3H3;5-6H,2-4,8H2,1H3;1-2H3. The van der Waals surface area contributed by atoms with Crippen LogP contribution in [0.4, 0.5) is 0 Å². The van der Waals surface area contributed by atoms with Crippen molar-refractivity contribution in [3.05, 3.63) is 119 Å². The number of nitrogens with one attached hydrogen (secondary N) is 5. The van der Waals surface area contributed by atoms with Crippen molar-refractivity contribution < 1.29 is 67.1 Å². The average Bonchev–Trinajstić information content (AvgIpc) is 1.71. The third kappa shape index (κ3) is 36.4. The monoisotopic (exact) mass is 1390 g/mol. The number of unbranched alkanes of at least 4 members (excludes halogenated alkanes) is 1. The van der Waals surface area contributed by atoms with Gasteiger partial charge in [-0.25, -0.2) is 24.0 Å². The van der Waals surface area contributed by atoms with Crippen LogP contribution in [-0.4, -0.2) is 142 Å². The van der Waals surface area contributed by atoms with Crippen LogP contribution in [0, 0.1) is 5.92 Å². The van der Waals surface area contributed by atoms with Gasteiger partial charge in [0, 0.05) is 60.7 Å². The number of cyclic esters (lactones) is 7. The molecule has 6 aliphatic rings. The minimum atomic E-state index is -0.516. The summed E-state index contributed by atoms with van der Waals surface area (Å²) in [6.07, 6.45) is 23.5. The number of likely N-dealkylation sites (N-methyl/N-ethyl adjacent to an activating group) is 2. The first kappa shape index (κ1) is 94.3. The quantitative estimate of drug-likeness (QED) is 0.0160. The van der Waals surface area contributed by atoms with Crippen molar-refractivity contribution >= 4 is 41.8 Å². The molecule has 564 valence electrons. The molecule has 1 aromatic rings. The minimum Gasteiger partial charge on any atom is -0.461 e. The summed E-state index contributed by atoms with van der Waals surface area (Å²) < 4.78 is 29.5. The van der Waals surface area contributed by atoms with Crippen molar-refractivity contribution in [2.45, 2.75) is 299 Å². The number of hydrogen-bond acceptors (Lipinski definition) is 21. The zero-order valence-corrected chi connectivity index (χ0v) is 64.2. The predicted molar refractivity (Wildman–Crippen MR) is 398 cm³/mol. The van der Waals surface area contributed by atoms with Gasteiger partial charge < -0.3 is 71.6 Å². The molecule has 0 bridgehead atoms. The second kappa shape index (κ2) is 55.0. The van der Waals surface area contributed by atoms with Crippen LogP contribution in [0.5, 0.6) is 0 Å². The fourth-order valence-electron chi connectivity index (χ4n) is 10.9. The lowest BCUT2D eigenvalue weighted by Crippen LogP contribution is -2.36. The third-order valence-corrected chi connectivity index (χ3v) is 17.8. The number of benzene rings is 1. The number of carbonyl (C=O) groups excluding carboxylic acids is 7. The molecule has 0 amide bonds. The van der Waals surface area contributed by atoms with E-state index in [4.69, 9.17) is 35.2 Å². The molecule has 99 heavy (non-hydrogen) atoms. The molecule has 1 aromatic carbocycles. The van der Waals surface area contributed by atoms with Crippen LogP contribution >= 0.6 is 0 Å². The van der Waals surface area contributed by atoms with Crippen LogP contribution in [0.15, 0.2) is 113 Å². The van der Waals surface area contributed by atoms with Gasteiger partial charge in [-0.05, 0) is 138 Å². The Kier molecular flexibility index (Phi) is 52.4. The summed E-state index contributed by atoms with van der Waals surface area (Å²) in [5.41, 5.74) is 17.6. The molecule has 21 heteroatoms. The van der Waals surface area contributed by atoms with Gasteiger partial charge in [-0.1, -0.05) is 149 Å². The lowest BCUT2D eigenvalue weighted by molar-refractivity contribution is -0.151. The zero-order valence-electron chi connectivity index (χ0n) is 64.2. The number of ether oxygens (including phenoxy) is 6. The molecule has 21 nitrogen and oxygen atoms in total. The number of esters is 7. The van der Waals surface area contributed by atoms with E-state index in [0.29, 0.717) is 60.2 Å². The second-order valence-electron chi connectivity index (χ2n) is 25.3. The van der Waals surface area contributed by atoms with Gasteiger partial charge in [0.1, 0.15) is 30.5 Å². The van der Waals surface area contributed by atoms with Crippen LogP contribution in [-0.2, 0) is 68.5 Å². The van der Waals surface area contributed by atoms with Crippen LogP contribution in [0.2, 0.25) is 0 Å². The summed E-state index contributed by atoms with van der Waals surface area (Å²) in [6, 6.07) is 12.0. The Morgan fingerprint density at radius 2 is 1.03 bits per heavy atom. The normalized spacial score (nSPS) is 21.7. The van der Waals surface area contributed by atoms with Crippen molar-refractivity contribution in [3.8, 4) is 0 Å². The fourth-order valence-corrected chi connectivity index (χ4v) is 10.9. The smallest absolute Gasteiger partial charge is 0.342 e. The highest BCUT2D eigenvalue weighted by Crippen LogP contribution is 2.26. The first-order chi connectivity index (χ1) is 47.0. The van der Waals surface area contributed by atoms with Crippen LogP contribution in [0.1, 0.15) is 231 Å². The lowest BCUT2D eigenvalue weighted by atomic mass is 9.95. The Morgan fingerprint density at radius 3 is 1.43 bits per heavy atom. The molecule has 0 radical (unpaired) electrons. The van der Waals surface area contributed by atoms with Gasteiger partial charge in [0.25, 0.3) is 0 Å². The van der Waals surface area contributed by atoms with Gasteiger partial charge in [0.15, 0.2) is 0 Å². The SMILES string of the molecule is C=CCC1OC(=O)C(C)=C1C.C=CCC1OC(=O)C(C)=C1N.C=CCC1OC(=O)C(C)=C1NCc1ccccc1.CC1=C(C)C(=O)OC1=O.CCCC(C)C(CC)NC.CCCC(O)C(CC)NC.CCCC1OC(=O)CC1N.CCCC1OC(=O)CC1NC.CCCCC(CC)NC. The topological polar surface area (TPSA) is 307 Å². The van der Waals surface area contributed by atoms with E-state index in [2.05, 4.69) is 120 Å². The maximum absolute atomic E-state index is 11.5. The van der Waals surface area contributed by atoms with Gasteiger partial charge in [-0.2, -0.15) is 0 Å². The third-order valence-electron chi connectivity index (χ3n) is 17.8. The van der Waals surface area contributed by atoms with E-state index in [9.17, 15) is 38.7 Å². The highest BCUT2D eigenvalue weighted by molar-refractivity contribution is 6.11. The summed E-state index contributed by atoms with van der Waals surface area (Å²) in [5, 5.41) is 25.5. The van der Waals surface area contributed by atoms with Gasteiger partial charge >= 0.3 is 41.8 Å². The van der Waals surface area contributed by atoms with Crippen molar-refractivity contribution in [2.24, 2.45) is 17.4 Å². The molecule has 12 unspecified atom stereocenters. The van der Waals surface area contributed by atoms with Gasteiger partial charge in [0.05, 0.1) is 53.6 Å². The van der Waals surface area contributed by atoms with E-state index in [1.54, 1.807) is 52.8 Å². The highest BCUT2D eigenvalue weighted by atomic mass is 16.6. The molecule has 0 aliphatic carbocycles. The number of nitrogens with two attached hydrogens (primary N) is 2. The Balaban J connectivity index is 0. The maximum atomic E-state index is 11.5. The van der Waals surface area contributed by atoms with E-state index in [0.717, 1.165) is 86.2 Å². The number of aliphatic hydroxyl groups is 1. The molecule has 2 saturated heterocycles. The Morgan fingerprint density at radius 1 is 0.545 bits per heavy atom. The minimum absolute atomic E-state index is 0.0162. The first-order valence-corrected chi connectivity index (χ1v) is 36.1. The van der Waals surface area contributed by atoms with E-state index in [1.165, 1.54) is 50.5 Å². The molecular weight excluding hydrogens is 1260 g/mol. The van der Waals surface area contributed by atoms with E-state index < -0.39 is 11.9 Å². The lowest BCUT2D eigenvalue weighted by Gasteiger charge is -2.21. The van der Waals surface area contributed by atoms with Gasteiger partial charge in [-0.3, -0.25) is 9.59 Å². The first-order valence-electron chi connectivity index (χ1n) is 36.1. The van der Waals surface area contributed by atoms with Crippen LogP contribution in [0.3, 0.4) is 0 Å². The number of aliphatic hydroxyl groups excluding tert-OH is 1. The van der Waals surface area contributed by atoms with E-state index in [-0.39, 0.29) is 84.6 Å². The molecule has 0 aromatic heterocycles. The van der Waals surface area contributed by atoms with Crippen molar-refractivity contribution in [2.75, 3.05) is 28.2 Å². The van der Waals surface area contributed by atoms with Crippen molar-refractivity contribution in [3.63, 3.8) is 0 Å². The molecule has 12 atom stereocenters. The van der Waals surface area contributed by atoms with Crippen molar-refractivity contribution in [1.29, 1.82) is 0 Å². The molecule has 6 heterocycles. The Labute approximate surface area is 596 Å². The molecule has 10 N–H and O–H groups in total. The molecule has 0 spiro atoms. The predicted octanol–water partition coefficient (Wildman–Crippen LogP) is 12.4. The second-order valence-corrected chi connectivity index (χ2v) is 25.3. The summed E-state index contributed by atoms with van der Waals surface area (Å²) in [6.45, 7) is 41.4. The molecule has 7 rings (SSSR count). The number of hydrogen-bond donors (Lipinski definition) is 8. The Hall–Kier alpha value is -6.75. The fraction of sp³-hybridized carbons (Fsp3) is 0.654. The van der Waals surface area contributed by atoms with Gasteiger partial charge in [0.2, 0.25) is 0 Å². The summed E-state index contributed by atoms with van der Waals surface area (Å²) >= 11 is 0. The van der Waals surface area contributed by atoms with Gasteiger partial charge in [-0.15, -0.1) is 19.7 Å². The van der Waals surface area contributed by atoms with Crippen LogP contribution in [0.25, 0.3) is 0 Å². The summed E-state index contributed by atoms with van der Waals surface area (Å²) in [7, 11) is 7.87. The maximum Gasteiger partial charge on any atom is 0.342 e. The van der Waals surface area contributed by atoms with E-state index >= 15 is 0 Å². The van der Waals surface area contributed by atoms with E-state index in [1.807, 2.05) is 58.4 Å².